The van der Waals surface area contributed by atoms with Crippen LogP contribution in [0.4, 0.5) is 5.69 Å². The Morgan fingerprint density at radius 3 is 2.38 bits per heavy atom. The summed E-state index contributed by atoms with van der Waals surface area (Å²) < 4.78 is 5.91. The third kappa shape index (κ3) is 4.73. The number of benzene rings is 3. The molecule has 0 saturated heterocycles. The largest absolute Gasteiger partial charge is 0.491 e. The fraction of sp³-hybridized carbons (Fsp3) is 0.174. The maximum absolute atomic E-state index is 12.5. The molecule has 0 aromatic heterocycles. The average molecular weight is 345 g/mol. The summed E-state index contributed by atoms with van der Waals surface area (Å²) in [4.78, 5) is 12.5. The van der Waals surface area contributed by atoms with E-state index >= 15 is 0 Å². The van der Waals surface area contributed by atoms with Gasteiger partial charge in [-0.05, 0) is 49.1 Å². The Kier molecular flexibility index (Phi) is 6.05. The molecule has 3 aromatic rings. The summed E-state index contributed by atoms with van der Waals surface area (Å²) in [7, 11) is 0. The summed E-state index contributed by atoms with van der Waals surface area (Å²) in [6, 6.07) is 25.5. The monoisotopic (exact) mass is 345 g/mol. The first-order valence-electron chi connectivity index (χ1n) is 8.87. The summed E-state index contributed by atoms with van der Waals surface area (Å²) in [5.41, 5.74) is 3.62. The van der Waals surface area contributed by atoms with Crippen LogP contribution < -0.4 is 10.1 Å². The Balaban J connectivity index is 1.59. The standard InChI is InChI=1S/C23H23NO2/c1-18-10-5-6-14-20(18)23(25)24-21-15-7-8-16-22(21)26-17-9-13-19-11-3-2-4-12-19/h2-8,10-12,14-16H,9,13,17H2,1H3,(H,24,25). The van der Waals surface area contributed by atoms with Crippen molar-refractivity contribution in [2.24, 2.45) is 0 Å². The molecule has 0 radical (unpaired) electrons. The molecular formula is C23H23NO2. The molecule has 0 heterocycles. The molecule has 0 fully saturated rings. The van der Waals surface area contributed by atoms with Gasteiger partial charge in [0.15, 0.2) is 0 Å². The number of anilines is 1. The van der Waals surface area contributed by atoms with Crippen molar-refractivity contribution in [3.05, 3.63) is 95.6 Å². The number of amides is 1. The topological polar surface area (TPSA) is 38.3 Å². The number of carbonyl (C=O) groups is 1. The highest BCUT2D eigenvalue weighted by molar-refractivity contribution is 6.05. The van der Waals surface area contributed by atoms with E-state index in [0.29, 0.717) is 23.6 Å². The second kappa shape index (κ2) is 8.86. The van der Waals surface area contributed by atoms with Crippen molar-refractivity contribution in [2.75, 3.05) is 11.9 Å². The zero-order valence-corrected chi connectivity index (χ0v) is 14.9. The van der Waals surface area contributed by atoms with Gasteiger partial charge in [0, 0.05) is 5.56 Å². The van der Waals surface area contributed by atoms with E-state index in [1.165, 1.54) is 5.56 Å². The normalized spacial score (nSPS) is 10.3. The number of carbonyl (C=O) groups excluding carboxylic acids is 1. The van der Waals surface area contributed by atoms with Crippen molar-refractivity contribution in [3.63, 3.8) is 0 Å². The Morgan fingerprint density at radius 1 is 0.885 bits per heavy atom. The van der Waals surface area contributed by atoms with Crippen LogP contribution in [0, 0.1) is 6.92 Å². The summed E-state index contributed by atoms with van der Waals surface area (Å²) in [5, 5.41) is 2.96. The minimum atomic E-state index is -0.122. The fourth-order valence-corrected chi connectivity index (χ4v) is 2.82. The minimum absolute atomic E-state index is 0.122. The van der Waals surface area contributed by atoms with E-state index < -0.39 is 0 Å². The molecule has 1 amide bonds. The van der Waals surface area contributed by atoms with Crippen molar-refractivity contribution < 1.29 is 9.53 Å². The lowest BCUT2D eigenvalue weighted by Crippen LogP contribution is -2.14. The number of para-hydroxylation sites is 2. The minimum Gasteiger partial charge on any atom is -0.491 e. The van der Waals surface area contributed by atoms with E-state index in [2.05, 4.69) is 17.4 Å². The van der Waals surface area contributed by atoms with Crippen LogP contribution in [-0.4, -0.2) is 12.5 Å². The zero-order valence-electron chi connectivity index (χ0n) is 14.9. The summed E-state index contributed by atoms with van der Waals surface area (Å²) in [6.07, 6.45) is 1.89. The zero-order chi connectivity index (χ0) is 18.2. The smallest absolute Gasteiger partial charge is 0.256 e. The van der Waals surface area contributed by atoms with Gasteiger partial charge < -0.3 is 10.1 Å². The van der Waals surface area contributed by atoms with E-state index in [1.54, 1.807) is 0 Å². The molecule has 0 aliphatic rings. The SMILES string of the molecule is Cc1ccccc1C(=O)Nc1ccccc1OCCCc1ccccc1. The maximum atomic E-state index is 12.5. The van der Waals surface area contributed by atoms with E-state index in [-0.39, 0.29) is 5.91 Å². The molecule has 1 N–H and O–H groups in total. The molecule has 0 atom stereocenters. The molecular weight excluding hydrogens is 322 g/mol. The highest BCUT2D eigenvalue weighted by Crippen LogP contribution is 2.25. The van der Waals surface area contributed by atoms with Crippen LogP contribution in [0.1, 0.15) is 27.9 Å². The van der Waals surface area contributed by atoms with E-state index in [1.807, 2.05) is 73.7 Å². The molecule has 0 bridgehead atoms. The molecule has 132 valence electrons. The third-order valence-corrected chi connectivity index (χ3v) is 4.24. The quantitative estimate of drug-likeness (QED) is 0.593. The molecule has 0 saturated carbocycles. The molecule has 3 nitrogen and oxygen atoms in total. The van der Waals surface area contributed by atoms with Crippen molar-refractivity contribution in [1.82, 2.24) is 0 Å². The second-order valence-electron chi connectivity index (χ2n) is 6.20. The Labute approximate surface area is 154 Å². The van der Waals surface area contributed by atoms with Gasteiger partial charge in [-0.2, -0.15) is 0 Å². The van der Waals surface area contributed by atoms with Crippen LogP contribution in [-0.2, 0) is 6.42 Å². The lowest BCUT2D eigenvalue weighted by Gasteiger charge is -2.13. The molecule has 0 aliphatic carbocycles. The molecule has 0 aliphatic heterocycles. The van der Waals surface area contributed by atoms with Crippen LogP contribution in [0.2, 0.25) is 0 Å². The molecule has 0 unspecified atom stereocenters. The van der Waals surface area contributed by atoms with Crippen LogP contribution >= 0.6 is 0 Å². The molecule has 0 spiro atoms. The van der Waals surface area contributed by atoms with Gasteiger partial charge in [0.2, 0.25) is 0 Å². The van der Waals surface area contributed by atoms with Crippen molar-refractivity contribution in [3.8, 4) is 5.75 Å². The lowest BCUT2D eigenvalue weighted by atomic mass is 10.1. The van der Waals surface area contributed by atoms with Crippen LogP contribution in [0.5, 0.6) is 5.75 Å². The van der Waals surface area contributed by atoms with Gasteiger partial charge in [0.1, 0.15) is 5.75 Å². The summed E-state index contributed by atoms with van der Waals surface area (Å²) in [5.74, 6) is 0.575. The van der Waals surface area contributed by atoms with Gasteiger partial charge in [0.25, 0.3) is 5.91 Å². The molecule has 3 heteroatoms. The Bertz CT molecular complexity index is 859. The van der Waals surface area contributed by atoms with Gasteiger partial charge in [-0.1, -0.05) is 60.7 Å². The number of hydrogen-bond donors (Lipinski definition) is 1. The first-order chi connectivity index (χ1) is 12.7. The van der Waals surface area contributed by atoms with Crippen LogP contribution in [0.25, 0.3) is 0 Å². The summed E-state index contributed by atoms with van der Waals surface area (Å²) in [6.45, 7) is 2.53. The predicted octanol–water partition coefficient (Wildman–Crippen LogP) is 5.26. The molecule has 26 heavy (non-hydrogen) atoms. The Morgan fingerprint density at radius 2 is 1.58 bits per heavy atom. The van der Waals surface area contributed by atoms with Gasteiger partial charge in [0.05, 0.1) is 12.3 Å². The van der Waals surface area contributed by atoms with E-state index in [4.69, 9.17) is 4.74 Å². The second-order valence-corrected chi connectivity index (χ2v) is 6.20. The van der Waals surface area contributed by atoms with E-state index in [0.717, 1.165) is 18.4 Å². The van der Waals surface area contributed by atoms with Gasteiger partial charge >= 0.3 is 0 Å². The molecule has 3 aromatic carbocycles. The molecule has 3 rings (SSSR count). The first-order valence-corrected chi connectivity index (χ1v) is 8.87. The van der Waals surface area contributed by atoms with Crippen molar-refractivity contribution >= 4 is 11.6 Å². The first kappa shape index (κ1) is 17.7. The highest BCUT2D eigenvalue weighted by atomic mass is 16.5. The number of ether oxygens (including phenoxy) is 1. The number of rotatable bonds is 7. The predicted molar refractivity (Wildman–Crippen MR) is 106 cm³/mol. The number of aryl methyl sites for hydroxylation is 2. The summed E-state index contributed by atoms with van der Waals surface area (Å²) >= 11 is 0. The van der Waals surface area contributed by atoms with Gasteiger partial charge in [-0.25, -0.2) is 0 Å². The van der Waals surface area contributed by atoms with Gasteiger partial charge in [-0.15, -0.1) is 0 Å². The lowest BCUT2D eigenvalue weighted by molar-refractivity contribution is 0.102. The van der Waals surface area contributed by atoms with E-state index in [9.17, 15) is 4.79 Å². The van der Waals surface area contributed by atoms with Crippen molar-refractivity contribution in [1.29, 1.82) is 0 Å². The fourth-order valence-electron chi connectivity index (χ4n) is 2.82. The number of hydrogen-bond acceptors (Lipinski definition) is 2. The van der Waals surface area contributed by atoms with Crippen molar-refractivity contribution in [2.45, 2.75) is 19.8 Å². The van der Waals surface area contributed by atoms with Crippen LogP contribution in [0.15, 0.2) is 78.9 Å². The van der Waals surface area contributed by atoms with Gasteiger partial charge in [-0.3, -0.25) is 4.79 Å². The Hall–Kier alpha value is -3.07. The van der Waals surface area contributed by atoms with Crippen LogP contribution in [0.3, 0.4) is 0 Å². The number of nitrogens with one attached hydrogen (secondary N) is 1. The maximum Gasteiger partial charge on any atom is 0.256 e. The average Bonchev–Trinajstić information content (AvgIpc) is 2.67. The highest BCUT2D eigenvalue weighted by Gasteiger charge is 2.11. The third-order valence-electron chi connectivity index (χ3n) is 4.24.